The van der Waals surface area contributed by atoms with Gasteiger partial charge in [0.05, 0.1) is 13.7 Å². The van der Waals surface area contributed by atoms with Crippen molar-refractivity contribution in [2.24, 2.45) is 0 Å². The predicted molar refractivity (Wildman–Crippen MR) is 63.8 cm³/mol. The van der Waals surface area contributed by atoms with E-state index in [1.165, 1.54) is 19.5 Å². The molecular weight excluding hydrogens is 236 g/mol. The summed E-state index contributed by atoms with van der Waals surface area (Å²) in [5.41, 5.74) is 0.264. The minimum atomic E-state index is -0.425. The number of aliphatic hydroxyl groups is 1. The van der Waals surface area contributed by atoms with Crippen LogP contribution >= 0.6 is 0 Å². The first-order valence-corrected chi connectivity index (χ1v) is 5.24. The summed E-state index contributed by atoms with van der Waals surface area (Å²) in [6.45, 7) is -0.0964. The lowest BCUT2D eigenvalue weighted by Gasteiger charge is -2.09. The number of hydrogen-bond acceptors (Lipinski definition) is 5. The lowest BCUT2D eigenvalue weighted by molar-refractivity contribution is 0.280. The van der Waals surface area contributed by atoms with Crippen molar-refractivity contribution >= 4 is 0 Å². The van der Waals surface area contributed by atoms with Gasteiger partial charge in [0.15, 0.2) is 11.5 Å². The van der Waals surface area contributed by atoms with E-state index in [2.05, 4.69) is 9.97 Å². The molecule has 0 radical (unpaired) electrons. The second kappa shape index (κ2) is 5.33. The molecule has 0 aliphatic rings. The maximum atomic E-state index is 11.4. The lowest BCUT2D eigenvalue weighted by Crippen LogP contribution is -2.09. The van der Waals surface area contributed by atoms with Crippen molar-refractivity contribution in [3.05, 3.63) is 46.5 Å². The fourth-order valence-electron chi connectivity index (χ4n) is 1.41. The molecular formula is C12H12N2O4. The average Bonchev–Trinajstić information content (AvgIpc) is 2.41. The average molecular weight is 248 g/mol. The molecule has 0 saturated carbocycles. The van der Waals surface area contributed by atoms with Gasteiger partial charge in [0.1, 0.15) is 0 Å². The summed E-state index contributed by atoms with van der Waals surface area (Å²) in [6, 6.07) is 4.92. The van der Waals surface area contributed by atoms with Gasteiger partial charge in [-0.25, -0.2) is 4.98 Å². The molecule has 2 N–H and O–H groups in total. The van der Waals surface area contributed by atoms with E-state index < -0.39 is 5.56 Å². The molecule has 6 heteroatoms. The number of rotatable bonds is 4. The number of aromatic nitrogens is 2. The van der Waals surface area contributed by atoms with Crippen LogP contribution in [0.5, 0.6) is 17.4 Å². The number of aliphatic hydroxyl groups excluding tert-OH is 1. The Balaban J connectivity index is 2.35. The highest BCUT2D eigenvalue weighted by atomic mass is 16.5. The number of methoxy groups -OCH3 is 1. The van der Waals surface area contributed by atoms with E-state index in [9.17, 15) is 4.79 Å². The second-order valence-electron chi connectivity index (χ2n) is 3.47. The first-order chi connectivity index (χ1) is 8.74. The number of nitrogens with zero attached hydrogens (tertiary/aromatic N) is 1. The molecule has 0 amide bonds. The number of ether oxygens (including phenoxy) is 2. The van der Waals surface area contributed by atoms with Crippen LogP contribution in [-0.4, -0.2) is 22.2 Å². The largest absolute Gasteiger partial charge is 0.493 e. The van der Waals surface area contributed by atoms with Gasteiger partial charge >= 0.3 is 5.56 Å². The van der Waals surface area contributed by atoms with Crippen molar-refractivity contribution in [2.45, 2.75) is 6.61 Å². The summed E-state index contributed by atoms with van der Waals surface area (Å²) in [5, 5.41) is 9.02. The van der Waals surface area contributed by atoms with Gasteiger partial charge in [0.2, 0.25) is 0 Å². The van der Waals surface area contributed by atoms with E-state index in [0.717, 1.165) is 0 Å². The molecule has 0 unspecified atom stereocenters. The monoisotopic (exact) mass is 248 g/mol. The zero-order chi connectivity index (χ0) is 13.0. The Morgan fingerprint density at radius 1 is 1.39 bits per heavy atom. The van der Waals surface area contributed by atoms with Crippen LogP contribution in [0.15, 0.2) is 35.4 Å². The Kier molecular flexibility index (Phi) is 3.59. The smallest absolute Gasteiger partial charge is 0.311 e. The van der Waals surface area contributed by atoms with E-state index in [1.807, 2.05) is 0 Å². The number of aromatic amines is 1. The Hall–Kier alpha value is -2.34. The highest BCUT2D eigenvalue weighted by Crippen LogP contribution is 2.30. The second-order valence-corrected chi connectivity index (χ2v) is 3.47. The first kappa shape index (κ1) is 12.1. The third kappa shape index (κ3) is 2.49. The molecule has 0 spiro atoms. The van der Waals surface area contributed by atoms with Crippen LogP contribution in [0.3, 0.4) is 0 Å². The number of hydrogen-bond donors (Lipinski definition) is 2. The molecule has 0 saturated heterocycles. The maximum absolute atomic E-state index is 11.4. The fraction of sp³-hybridized carbons (Fsp3) is 0.167. The number of benzene rings is 1. The summed E-state index contributed by atoms with van der Waals surface area (Å²) in [6.07, 6.45) is 2.84. The quantitative estimate of drug-likeness (QED) is 0.845. The molecule has 0 aliphatic heterocycles. The standard InChI is InChI=1S/C12H12N2O4/c1-17-10-6-8(7-15)2-3-9(10)18-12-11(16)13-4-5-14-12/h2-6,15H,7H2,1H3,(H,13,16). The molecule has 1 aromatic carbocycles. The summed E-state index contributed by atoms with van der Waals surface area (Å²) >= 11 is 0. The van der Waals surface area contributed by atoms with E-state index >= 15 is 0 Å². The molecule has 1 aromatic heterocycles. The molecule has 94 valence electrons. The van der Waals surface area contributed by atoms with Crippen molar-refractivity contribution < 1.29 is 14.6 Å². The van der Waals surface area contributed by atoms with Crippen LogP contribution in [0.1, 0.15) is 5.56 Å². The predicted octanol–water partition coefficient (Wildman–Crippen LogP) is 1.06. The van der Waals surface area contributed by atoms with Crippen molar-refractivity contribution in [3.63, 3.8) is 0 Å². The number of H-pyrrole nitrogens is 1. The Bertz CT molecular complexity index is 595. The highest BCUT2D eigenvalue weighted by Gasteiger charge is 2.09. The Morgan fingerprint density at radius 2 is 2.22 bits per heavy atom. The molecule has 0 aliphatic carbocycles. The highest BCUT2D eigenvalue weighted by molar-refractivity contribution is 5.44. The van der Waals surface area contributed by atoms with Crippen LogP contribution in [0, 0.1) is 0 Å². The van der Waals surface area contributed by atoms with Crippen molar-refractivity contribution in [1.29, 1.82) is 0 Å². The van der Waals surface area contributed by atoms with Crippen LogP contribution < -0.4 is 15.0 Å². The summed E-state index contributed by atoms with van der Waals surface area (Å²) in [5.74, 6) is 0.720. The molecule has 18 heavy (non-hydrogen) atoms. The normalized spacial score (nSPS) is 10.1. The minimum Gasteiger partial charge on any atom is -0.493 e. The Morgan fingerprint density at radius 3 is 2.89 bits per heavy atom. The third-order valence-electron chi connectivity index (χ3n) is 2.29. The van der Waals surface area contributed by atoms with Crippen molar-refractivity contribution in [3.8, 4) is 17.4 Å². The van der Waals surface area contributed by atoms with Crippen LogP contribution in [0.25, 0.3) is 0 Å². The van der Waals surface area contributed by atoms with Gasteiger partial charge in [-0.2, -0.15) is 0 Å². The van der Waals surface area contributed by atoms with Gasteiger partial charge in [-0.1, -0.05) is 6.07 Å². The summed E-state index contributed by atoms with van der Waals surface area (Å²) < 4.78 is 10.5. The van der Waals surface area contributed by atoms with Gasteiger partial charge in [0, 0.05) is 12.4 Å². The van der Waals surface area contributed by atoms with Crippen LogP contribution in [-0.2, 0) is 6.61 Å². The molecule has 0 fully saturated rings. The fourth-order valence-corrected chi connectivity index (χ4v) is 1.41. The van der Waals surface area contributed by atoms with Gasteiger partial charge in [-0.05, 0) is 17.7 Å². The molecule has 2 rings (SSSR count). The summed E-state index contributed by atoms with van der Waals surface area (Å²) in [7, 11) is 1.48. The van der Waals surface area contributed by atoms with E-state index in [-0.39, 0.29) is 12.5 Å². The number of nitrogens with one attached hydrogen (secondary N) is 1. The third-order valence-corrected chi connectivity index (χ3v) is 2.29. The first-order valence-electron chi connectivity index (χ1n) is 5.24. The molecule has 0 bridgehead atoms. The maximum Gasteiger partial charge on any atom is 0.311 e. The van der Waals surface area contributed by atoms with Gasteiger partial charge < -0.3 is 19.6 Å². The van der Waals surface area contributed by atoms with E-state index in [1.54, 1.807) is 18.2 Å². The topological polar surface area (TPSA) is 84.4 Å². The zero-order valence-corrected chi connectivity index (χ0v) is 9.71. The summed E-state index contributed by atoms with van der Waals surface area (Å²) in [4.78, 5) is 17.7. The van der Waals surface area contributed by atoms with E-state index in [4.69, 9.17) is 14.6 Å². The molecule has 1 heterocycles. The van der Waals surface area contributed by atoms with Crippen molar-refractivity contribution in [2.75, 3.05) is 7.11 Å². The molecule has 0 atom stereocenters. The molecule has 6 nitrogen and oxygen atoms in total. The van der Waals surface area contributed by atoms with Gasteiger partial charge in [-0.15, -0.1) is 0 Å². The van der Waals surface area contributed by atoms with Crippen LogP contribution in [0.2, 0.25) is 0 Å². The van der Waals surface area contributed by atoms with E-state index in [0.29, 0.717) is 17.1 Å². The van der Waals surface area contributed by atoms with Gasteiger partial charge in [0.25, 0.3) is 5.88 Å². The van der Waals surface area contributed by atoms with Crippen LogP contribution in [0.4, 0.5) is 0 Å². The minimum absolute atomic E-state index is 0.0625. The van der Waals surface area contributed by atoms with Gasteiger partial charge in [-0.3, -0.25) is 4.79 Å². The SMILES string of the molecule is COc1cc(CO)ccc1Oc1ncc[nH]c1=O. The lowest BCUT2D eigenvalue weighted by atomic mass is 10.2. The molecule has 2 aromatic rings. The Labute approximate surface area is 103 Å². The van der Waals surface area contributed by atoms with Crippen molar-refractivity contribution in [1.82, 2.24) is 9.97 Å². The zero-order valence-electron chi connectivity index (χ0n) is 9.71.